The van der Waals surface area contributed by atoms with Crippen LogP contribution in [0.5, 0.6) is 5.75 Å². The quantitative estimate of drug-likeness (QED) is 0.118. The Kier molecular flexibility index (Phi) is 7.10. The van der Waals surface area contributed by atoms with E-state index in [1.165, 1.54) is 52.6 Å². The zero-order chi connectivity index (χ0) is 24.1. The molecule has 34 heavy (non-hydrogen) atoms. The van der Waals surface area contributed by atoms with Crippen molar-refractivity contribution >= 4 is 57.1 Å². The predicted octanol–water partition coefficient (Wildman–Crippen LogP) is 4.22. The average Bonchev–Trinajstić information content (AvgIpc) is 3.52. The molecular formula is C20H12N4O7S3. The summed E-state index contributed by atoms with van der Waals surface area (Å²) < 4.78 is 11.0. The molecule has 0 unspecified atom stereocenters. The third-order valence-electron chi connectivity index (χ3n) is 4.08. The van der Waals surface area contributed by atoms with Crippen LogP contribution in [0.2, 0.25) is 0 Å². The second-order valence-electron chi connectivity index (χ2n) is 6.36. The Balaban J connectivity index is 1.33. The van der Waals surface area contributed by atoms with Gasteiger partial charge in [-0.2, -0.15) is 0 Å². The van der Waals surface area contributed by atoms with Gasteiger partial charge in [-0.3, -0.25) is 25.0 Å². The van der Waals surface area contributed by atoms with Crippen LogP contribution < -0.4 is 15.5 Å². The molecule has 3 heterocycles. The first-order valence-electron chi connectivity index (χ1n) is 9.28. The number of nitro benzene ring substituents is 1. The number of thiophene rings is 1. The molecule has 1 amide bonds. The number of nitrogens with zero attached hydrogens (tertiary/aromatic N) is 3. The van der Waals surface area contributed by atoms with Gasteiger partial charge in [0.25, 0.3) is 11.6 Å². The molecule has 1 aromatic carbocycles. The fraction of sp³-hybridized carbons (Fsp3) is 0.0500. The summed E-state index contributed by atoms with van der Waals surface area (Å²) in [7, 11) is 0. The molecule has 4 aromatic rings. The molecule has 3 aromatic heterocycles. The molecule has 0 radical (unpaired) electrons. The minimum Gasteiger partial charge on any atom is -0.464 e. The van der Waals surface area contributed by atoms with Crippen molar-refractivity contribution in [2.24, 2.45) is 0 Å². The van der Waals surface area contributed by atoms with Gasteiger partial charge in [-0.1, -0.05) is 29.2 Å². The summed E-state index contributed by atoms with van der Waals surface area (Å²) in [5.41, 5.74) is -0.702. The number of carbonyl (C=O) groups excluding carboxylic acids is 2. The van der Waals surface area contributed by atoms with Gasteiger partial charge in [0.1, 0.15) is 12.0 Å². The smallest absolute Gasteiger partial charge is 0.343 e. The lowest BCUT2D eigenvalue weighted by atomic mass is 10.2. The van der Waals surface area contributed by atoms with Crippen LogP contribution >= 0.6 is 34.4 Å². The Morgan fingerprint density at radius 1 is 1.21 bits per heavy atom. The van der Waals surface area contributed by atoms with Crippen molar-refractivity contribution < 1.29 is 23.7 Å². The molecule has 1 N–H and O–H groups in total. The summed E-state index contributed by atoms with van der Waals surface area (Å²) in [6.07, 6.45) is 1.02. The van der Waals surface area contributed by atoms with E-state index < -0.39 is 16.3 Å². The maximum Gasteiger partial charge on any atom is 0.343 e. The van der Waals surface area contributed by atoms with Gasteiger partial charge in [0.2, 0.25) is 16.3 Å². The summed E-state index contributed by atoms with van der Waals surface area (Å²) in [6.45, 7) is 0. The van der Waals surface area contributed by atoms with E-state index in [9.17, 15) is 24.5 Å². The first-order chi connectivity index (χ1) is 16.4. The summed E-state index contributed by atoms with van der Waals surface area (Å²) in [5, 5.41) is 23.4. The number of nitro groups is 1. The van der Waals surface area contributed by atoms with Crippen LogP contribution in [-0.4, -0.2) is 27.0 Å². The number of aromatic nitrogens is 2. The predicted molar refractivity (Wildman–Crippen MR) is 125 cm³/mol. The van der Waals surface area contributed by atoms with E-state index in [4.69, 9.17) is 9.15 Å². The van der Waals surface area contributed by atoms with Crippen LogP contribution in [-0.2, 0) is 5.75 Å². The molecule has 0 saturated carbocycles. The van der Waals surface area contributed by atoms with E-state index in [0.29, 0.717) is 20.1 Å². The standard InChI is InChI=1S/C20H12N4O7S3/c25-14-8-13(10-33-20-23-22-19(34-20)21-17(26)16-2-1-7-32-16)30-9-15(14)31-18(27)11-3-5-12(6-4-11)24(28)29/h1-9H,10H2,(H,21,22,26). The number of hydrogen-bond acceptors (Lipinski definition) is 12. The Hall–Kier alpha value is -3.88. The van der Waals surface area contributed by atoms with E-state index >= 15 is 0 Å². The van der Waals surface area contributed by atoms with Crippen molar-refractivity contribution in [3.8, 4) is 5.75 Å². The van der Waals surface area contributed by atoms with Gasteiger partial charge in [0.15, 0.2) is 4.34 Å². The fourth-order valence-electron chi connectivity index (χ4n) is 2.48. The van der Waals surface area contributed by atoms with Crippen molar-refractivity contribution in [3.63, 3.8) is 0 Å². The molecule has 0 saturated heterocycles. The molecule has 0 atom stereocenters. The van der Waals surface area contributed by atoms with E-state index in [1.54, 1.807) is 17.5 Å². The number of esters is 1. The maximum absolute atomic E-state index is 12.3. The van der Waals surface area contributed by atoms with Crippen LogP contribution in [0.1, 0.15) is 25.8 Å². The Morgan fingerprint density at radius 2 is 2.00 bits per heavy atom. The number of thioether (sulfide) groups is 1. The molecule has 4 rings (SSSR count). The van der Waals surface area contributed by atoms with Crippen molar-refractivity contribution in [1.29, 1.82) is 0 Å². The Morgan fingerprint density at radius 3 is 2.68 bits per heavy atom. The number of ether oxygens (including phenoxy) is 1. The molecule has 172 valence electrons. The van der Waals surface area contributed by atoms with Crippen molar-refractivity contribution in [1.82, 2.24) is 10.2 Å². The number of rotatable bonds is 8. The van der Waals surface area contributed by atoms with Gasteiger partial charge in [0, 0.05) is 18.2 Å². The maximum atomic E-state index is 12.3. The van der Waals surface area contributed by atoms with Crippen molar-refractivity contribution in [2.75, 3.05) is 5.32 Å². The molecule has 11 nitrogen and oxygen atoms in total. The zero-order valence-electron chi connectivity index (χ0n) is 16.8. The second kappa shape index (κ2) is 10.4. The fourth-order valence-corrected chi connectivity index (χ4v) is 4.74. The topological polar surface area (TPSA) is 155 Å². The molecule has 0 fully saturated rings. The number of nitrogens with one attached hydrogen (secondary N) is 1. The van der Waals surface area contributed by atoms with Gasteiger partial charge >= 0.3 is 5.97 Å². The second-order valence-corrected chi connectivity index (χ2v) is 9.51. The number of carbonyl (C=O) groups is 2. The lowest BCUT2D eigenvalue weighted by Crippen LogP contribution is -2.14. The number of non-ortho nitro benzene ring substituents is 1. The summed E-state index contributed by atoms with van der Waals surface area (Å²) in [5.74, 6) is -0.877. The van der Waals surface area contributed by atoms with E-state index in [-0.39, 0.29) is 28.7 Å². The largest absolute Gasteiger partial charge is 0.464 e. The van der Waals surface area contributed by atoms with Gasteiger partial charge in [0.05, 0.1) is 21.1 Å². The Labute approximate surface area is 202 Å². The monoisotopic (exact) mass is 516 g/mol. The highest BCUT2D eigenvalue weighted by Crippen LogP contribution is 2.29. The third kappa shape index (κ3) is 5.72. The lowest BCUT2D eigenvalue weighted by molar-refractivity contribution is -0.384. The number of hydrogen-bond donors (Lipinski definition) is 1. The molecule has 0 spiro atoms. The molecule has 0 aliphatic heterocycles. The minimum atomic E-state index is -0.852. The van der Waals surface area contributed by atoms with Crippen LogP contribution in [0.3, 0.4) is 0 Å². The normalized spacial score (nSPS) is 10.6. The zero-order valence-corrected chi connectivity index (χ0v) is 19.3. The highest BCUT2D eigenvalue weighted by Gasteiger charge is 2.15. The molecule has 0 aliphatic rings. The SMILES string of the molecule is O=C(Oc1coc(CSc2nnc(NC(=O)c3cccs3)s2)cc1=O)c1ccc([N+](=O)[O-])cc1. The third-order valence-corrected chi connectivity index (χ3v) is 6.94. The summed E-state index contributed by atoms with van der Waals surface area (Å²) >= 11 is 3.74. The highest BCUT2D eigenvalue weighted by atomic mass is 32.2. The van der Waals surface area contributed by atoms with E-state index in [1.807, 2.05) is 0 Å². The Bertz CT molecular complexity index is 1400. The average molecular weight is 517 g/mol. The van der Waals surface area contributed by atoms with Crippen LogP contribution in [0.15, 0.2) is 67.7 Å². The van der Waals surface area contributed by atoms with Gasteiger partial charge in [-0.15, -0.1) is 21.5 Å². The molecule has 14 heteroatoms. The van der Waals surface area contributed by atoms with Gasteiger partial charge in [-0.05, 0) is 23.6 Å². The molecular weight excluding hydrogens is 504 g/mol. The van der Waals surface area contributed by atoms with Gasteiger partial charge in [-0.25, -0.2) is 4.79 Å². The van der Waals surface area contributed by atoms with Crippen molar-refractivity contribution in [3.05, 3.63) is 90.6 Å². The molecule has 0 aliphatic carbocycles. The lowest BCUT2D eigenvalue weighted by Gasteiger charge is -2.04. The molecule has 0 bridgehead atoms. The van der Waals surface area contributed by atoms with Crippen LogP contribution in [0.4, 0.5) is 10.8 Å². The van der Waals surface area contributed by atoms with Crippen LogP contribution in [0.25, 0.3) is 0 Å². The first-order valence-corrected chi connectivity index (χ1v) is 12.0. The number of benzene rings is 1. The van der Waals surface area contributed by atoms with Gasteiger partial charge < -0.3 is 9.15 Å². The summed E-state index contributed by atoms with van der Waals surface area (Å²) in [4.78, 5) is 47.2. The van der Waals surface area contributed by atoms with Crippen molar-refractivity contribution in [2.45, 2.75) is 10.1 Å². The first kappa shape index (κ1) is 23.3. The highest BCUT2D eigenvalue weighted by molar-refractivity contribution is 8.00. The van der Waals surface area contributed by atoms with Crippen LogP contribution in [0, 0.1) is 10.1 Å². The van der Waals surface area contributed by atoms with E-state index in [2.05, 4.69) is 15.5 Å². The van der Waals surface area contributed by atoms with E-state index in [0.717, 1.165) is 18.4 Å². The summed E-state index contributed by atoms with van der Waals surface area (Å²) in [6, 6.07) is 9.44. The number of amides is 1. The number of anilines is 1. The minimum absolute atomic E-state index is 0.0443.